The fourth-order valence-electron chi connectivity index (χ4n) is 6.75. The fraction of sp³-hybridized carbons (Fsp3) is 0.500. The van der Waals surface area contributed by atoms with Gasteiger partial charge in [0, 0.05) is 30.7 Å². The van der Waals surface area contributed by atoms with Gasteiger partial charge in [0.05, 0.1) is 18.0 Å². The maximum atomic E-state index is 13.0. The minimum Gasteiger partial charge on any atom is -0.457 e. The quantitative estimate of drug-likeness (QED) is 0.292. The van der Waals surface area contributed by atoms with Gasteiger partial charge >= 0.3 is 0 Å². The van der Waals surface area contributed by atoms with Gasteiger partial charge in [-0.1, -0.05) is 18.2 Å². The highest BCUT2D eigenvalue weighted by molar-refractivity contribution is 5.98. The third-order valence-electron chi connectivity index (χ3n) is 10.0. The van der Waals surface area contributed by atoms with Crippen molar-refractivity contribution < 1.29 is 9.53 Å². The zero-order valence-corrected chi connectivity index (χ0v) is 28.8. The van der Waals surface area contributed by atoms with Gasteiger partial charge in [0.2, 0.25) is 5.91 Å². The summed E-state index contributed by atoms with van der Waals surface area (Å²) in [6, 6.07) is 18.7. The Morgan fingerprint density at radius 1 is 0.917 bits per heavy atom. The summed E-state index contributed by atoms with van der Waals surface area (Å²) < 4.78 is 7.84. The maximum Gasteiger partial charge on any atom is 0.236 e. The van der Waals surface area contributed by atoms with E-state index in [0.29, 0.717) is 37.1 Å². The Morgan fingerprint density at radius 3 is 2.19 bits per heavy atom. The first kappa shape index (κ1) is 33.8. The number of likely N-dealkylation sites (tertiary alicyclic amines) is 3. The summed E-state index contributed by atoms with van der Waals surface area (Å²) in [6.07, 6.45) is 6.30. The van der Waals surface area contributed by atoms with Crippen molar-refractivity contribution in [2.75, 3.05) is 79.7 Å². The molecule has 256 valence electrons. The molecule has 3 aliphatic heterocycles. The molecule has 0 bridgehead atoms. The molecule has 0 saturated carbocycles. The van der Waals surface area contributed by atoms with Crippen molar-refractivity contribution in [1.82, 2.24) is 44.7 Å². The summed E-state index contributed by atoms with van der Waals surface area (Å²) in [5.41, 5.74) is 8.61. The predicted molar refractivity (Wildman–Crippen MR) is 190 cm³/mol. The Hall–Kier alpha value is -4.10. The number of benzene rings is 2. The van der Waals surface area contributed by atoms with Crippen LogP contribution in [0.4, 0.5) is 5.82 Å². The van der Waals surface area contributed by atoms with Crippen LogP contribution in [0.5, 0.6) is 11.5 Å². The van der Waals surface area contributed by atoms with Crippen molar-refractivity contribution >= 4 is 22.8 Å². The number of carbonyl (C=O) groups excluding carboxylic acids is 1. The number of likely N-dealkylation sites (N-methyl/N-ethyl adjacent to an activating group) is 1. The average Bonchev–Trinajstić information content (AvgIpc) is 3.46. The van der Waals surface area contributed by atoms with Crippen LogP contribution in [0.1, 0.15) is 31.7 Å². The van der Waals surface area contributed by atoms with Gasteiger partial charge in [-0.3, -0.25) is 9.69 Å². The zero-order chi connectivity index (χ0) is 33.6. The van der Waals surface area contributed by atoms with Crippen LogP contribution in [-0.4, -0.2) is 131 Å². The van der Waals surface area contributed by atoms with E-state index in [9.17, 15) is 4.79 Å². The smallest absolute Gasteiger partial charge is 0.236 e. The summed E-state index contributed by atoms with van der Waals surface area (Å²) >= 11 is 0. The molecule has 0 radical (unpaired) electrons. The molecule has 0 atom stereocenters. The molecule has 0 unspecified atom stereocenters. The number of hydrogen-bond acceptors (Lipinski definition) is 10. The summed E-state index contributed by atoms with van der Waals surface area (Å²) in [5, 5.41) is 8.95. The first-order valence-corrected chi connectivity index (χ1v) is 17.1. The number of rotatable bonds is 8. The second-order valence-electron chi connectivity index (χ2n) is 13.5. The summed E-state index contributed by atoms with van der Waals surface area (Å²) in [6.45, 7) is 6.32. The van der Waals surface area contributed by atoms with E-state index in [1.54, 1.807) is 0 Å². The predicted octanol–water partition coefficient (Wildman–Crippen LogP) is 3.58. The molecule has 48 heavy (non-hydrogen) atoms. The van der Waals surface area contributed by atoms with Crippen LogP contribution >= 0.6 is 0 Å². The molecule has 3 aliphatic rings. The van der Waals surface area contributed by atoms with Gasteiger partial charge in [-0.05, 0) is 116 Å². The number of para-hydroxylation sites is 1. The number of ether oxygens (including phenoxy) is 1. The number of carbonyl (C=O) groups is 1. The van der Waals surface area contributed by atoms with Gasteiger partial charge in [0.15, 0.2) is 5.65 Å². The van der Waals surface area contributed by atoms with E-state index >= 15 is 0 Å². The van der Waals surface area contributed by atoms with Gasteiger partial charge in [0.25, 0.3) is 0 Å². The van der Waals surface area contributed by atoms with E-state index in [1.807, 2.05) is 64.2 Å². The van der Waals surface area contributed by atoms with Crippen molar-refractivity contribution in [2.24, 2.45) is 0 Å². The monoisotopic (exact) mass is 654 g/mol. The van der Waals surface area contributed by atoms with Crippen LogP contribution in [0.3, 0.4) is 0 Å². The lowest BCUT2D eigenvalue weighted by Gasteiger charge is -2.41. The van der Waals surface area contributed by atoms with Crippen LogP contribution in [0.15, 0.2) is 60.9 Å². The lowest BCUT2D eigenvalue weighted by atomic mass is 10.0. The Labute approximate surface area is 283 Å². The maximum absolute atomic E-state index is 13.0. The molecule has 0 aliphatic carbocycles. The largest absolute Gasteiger partial charge is 0.457 e. The Morgan fingerprint density at radius 2 is 1.54 bits per heavy atom. The van der Waals surface area contributed by atoms with Crippen molar-refractivity contribution in [2.45, 2.75) is 43.8 Å². The van der Waals surface area contributed by atoms with E-state index < -0.39 is 0 Å². The molecule has 2 aromatic carbocycles. The number of nitrogens with two attached hydrogens (primary N) is 1. The van der Waals surface area contributed by atoms with Crippen LogP contribution < -0.4 is 15.8 Å². The number of amides is 1. The van der Waals surface area contributed by atoms with Crippen molar-refractivity contribution in [3.8, 4) is 22.8 Å². The Balaban J connectivity index is 0.000000388. The van der Waals surface area contributed by atoms with Gasteiger partial charge in [-0.25, -0.2) is 14.6 Å². The van der Waals surface area contributed by atoms with Crippen molar-refractivity contribution in [3.63, 3.8) is 0 Å². The highest BCUT2D eigenvalue weighted by Crippen LogP contribution is 2.35. The zero-order valence-electron chi connectivity index (χ0n) is 28.8. The number of piperidine rings is 2. The van der Waals surface area contributed by atoms with Gasteiger partial charge < -0.3 is 30.5 Å². The summed E-state index contributed by atoms with van der Waals surface area (Å²) in [7, 11) is 8.45. The molecule has 7 rings (SSSR count). The molecule has 12 heteroatoms. The number of nitrogens with zero attached hydrogens (tertiary/aromatic N) is 8. The van der Waals surface area contributed by atoms with Crippen molar-refractivity contribution in [3.05, 3.63) is 60.9 Å². The van der Waals surface area contributed by atoms with E-state index in [0.717, 1.165) is 60.1 Å². The van der Waals surface area contributed by atoms with E-state index in [-0.39, 0.29) is 11.9 Å². The third-order valence-corrected chi connectivity index (χ3v) is 10.0. The van der Waals surface area contributed by atoms with Crippen LogP contribution in [-0.2, 0) is 4.79 Å². The van der Waals surface area contributed by atoms with Crippen LogP contribution in [0, 0.1) is 0 Å². The second-order valence-corrected chi connectivity index (χ2v) is 13.5. The molecule has 3 fully saturated rings. The molecular formula is C36H50N10O2. The molecular weight excluding hydrogens is 604 g/mol. The molecule has 0 spiro atoms. The highest BCUT2D eigenvalue weighted by Gasteiger charge is 2.35. The number of anilines is 1. The van der Waals surface area contributed by atoms with Gasteiger partial charge in [-0.2, -0.15) is 5.10 Å². The Bertz CT molecular complexity index is 1620. The molecule has 3 saturated heterocycles. The van der Waals surface area contributed by atoms with Gasteiger partial charge in [-0.15, -0.1) is 0 Å². The third kappa shape index (κ3) is 7.95. The first-order chi connectivity index (χ1) is 23.3. The lowest BCUT2D eigenvalue weighted by Crippen LogP contribution is -2.54. The number of hydrogen-bond donors (Lipinski definition) is 2. The molecule has 5 heterocycles. The standard InChI is InChI=1S/C29H34N8O2.C7H16N2/c1-34-14-12-21(13-15-34)35(2)18-25(38)36-16-22(17-36)37-29-26(28(30)31-19-32-29)27(33-37)20-8-10-24(11-9-20)39-23-6-4-3-5-7-23;1-8-7-3-5-9(2)6-4-7/h3-11,19,21-22H,12-18H2,1-2H3,(H2,30,31,32);7-8H,3-6H2,1-2H3. The number of nitrogen functional groups attached to an aromatic ring is 1. The molecule has 1 amide bonds. The normalized spacial score (nSPS) is 18.5. The minimum atomic E-state index is 0.0359. The topological polar surface area (TPSA) is 121 Å². The van der Waals surface area contributed by atoms with Gasteiger partial charge in [0.1, 0.15) is 29.3 Å². The number of nitrogens with one attached hydrogen (secondary N) is 1. The van der Waals surface area contributed by atoms with E-state index in [2.05, 4.69) is 58.2 Å². The Kier molecular flexibility index (Phi) is 10.9. The summed E-state index contributed by atoms with van der Waals surface area (Å²) in [4.78, 5) is 30.6. The molecule has 3 N–H and O–H groups in total. The second kappa shape index (κ2) is 15.4. The molecule has 2 aromatic heterocycles. The molecule has 12 nitrogen and oxygen atoms in total. The highest BCUT2D eigenvalue weighted by atomic mass is 16.5. The van der Waals surface area contributed by atoms with E-state index in [4.69, 9.17) is 15.6 Å². The van der Waals surface area contributed by atoms with Crippen LogP contribution in [0.2, 0.25) is 0 Å². The minimum absolute atomic E-state index is 0.0359. The lowest BCUT2D eigenvalue weighted by molar-refractivity contribution is -0.138. The van der Waals surface area contributed by atoms with E-state index in [1.165, 1.54) is 32.3 Å². The average molecular weight is 655 g/mol. The number of aromatic nitrogens is 4. The fourth-order valence-corrected chi connectivity index (χ4v) is 6.75. The molecule has 4 aromatic rings. The van der Waals surface area contributed by atoms with Crippen LogP contribution in [0.25, 0.3) is 22.3 Å². The van der Waals surface area contributed by atoms with Crippen molar-refractivity contribution in [1.29, 1.82) is 0 Å². The number of fused-ring (bicyclic) bond motifs is 1. The SMILES string of the molecule is CN1CCC(N(C)CC(=O)N2CC(n3nc(-c4ccc(Oc5ccccc5)cc4)c4c(N)ncnc43)C2)CC1.CNC1CCN(C)CC1. The first-order valence-electron chi connectivity index (χ1n) is 17.1. The summed E-state index contributed by atoms with van der Waals surface area (Å²) in [5.74, 6) is 2.06.